The Morgan fingerprint density at radius 1 is 1.27 bits per heavy atom. The highest BCUT2D eigenvalue weighted by atomic mass is 28.3. The van der Waals surface area contributed by atoms with Crippen molar-refractivity contribution in [1.29, 1.82) is 0 Å². The Bertz CT molecular complexity index is 293. The maximum atomic E-state index is 9.32. The fraction of sp³-hybridized carbons (Fsp3) is 0.385. The molecule has 1 N–H and O–H groups in total. The average molecular weight is 219 g/mol. The van der Waals surface area contributed by atoms with Crippen molar-refractivity contribution < 1.29 is 5.11 Å². The van der Waals surface area contributed by atoms with Gasteiger partial charge in [0.25, 0.3) is 0 Å². The van der Waals surface area contributed by atoms with Crippen LogP contribution >= 0.6 is 0 Å². The number of benzene rings is 1. The maximum absolute atomic E-state index is 9.32. The summed E-state index contributed by atoms with van der Waals surface area (Å²) in [6, 6.07) is 10.2. The molecule has 1 aromatic carbocycles. The fourth-order valence-electron chi connectivity index (χ4n) is 1.51. The summed E-state index contributed by atoms with van der Waals surface area (Å²) in [5.41, 5.74) is 3.52. The summed E-state index contributed by atoms with van der Waals surface area (Å²) in [6.07, 6.45) is 3.15. The van der Waals surface area contributed by atoms with E-state index in [-0.39, 0.29) is 21.3 Å². The van der Waals surface area contributed by atoms with E-state index in [9.17, 15) is 5.11 Å². The van der Waals surface area contributed by atoms with Gasteiger partial charge in [-0.25, -0.2) is 0 Å². The van der Waals surface area contributed by atoms with Crippen molar-refractivity contribution in [3.8, 4) is 0 Å². The minimum Gasteiger partial charge on any atom is -0.396 e. The molecule has 0 spiro atoms. The lowest BCUT2D eigenvalue weighted by Gasteiger charge is -2.11. The molecule has 0 fully saturated rings. The van der Waals surface area contributed by atoms with Crippen LogP contribution in [0.5, 0.6) is 0 Å². The molecule has 2 heteroatoms. The van der Waals surface area contributed by atoms with Crippen LogP contribution in [-0.4, -0.2) is 20.5 Å². The van der Waals surface area contributed by atoms with Gasteiger partial charge in [0.2, 0.25) is 0 Å². The van der Waals surface area contributed by atoms with Crippen LogP contribution in [0.3, 0.4) is 0 Å². The van der Waals surface area contributed by atoms with E-state index >= 15 is 0 Å². The summed E-state index contributed by atoms with van der Waals surface area (Å²) in [5, 5.41) is 9.32. The van der Waals surface area contributed by atoms with Gasteiger partial charge in [0.05, 0.1) is 15.4 Å². The third kappa shape index (κ3) is 4.45. The molecule has 0 saturated heterocycles. The van der Waals surface area contributed by atoms with E-state index in [2.05, 4.69) is 37.0 Å². The highest BCUT2D eigenvalue weighted by molar-refractivity contribution is 6.61. The molecule has 1 nitrogen and oxygen atoms in total. The smallest absolute Gasteiger partial charge is 0.0688 e. The lowest BCUT2D eigenvalue weighted by atomic mass is 9.97. The monoisotopic (exact) mass is 219 g/mol. The van der Waals surface area contributed by atoms with E-state index < -0.39 is 0 Å². The first-order valence-electron chi connectivity index (χ1n) is 5.36. The fourth-order valence-corrected chi connectivity index (χ4v) is 2.12. The molecule has 0 aromatic heterocycles. The number of rotatable bonds is 5. The molecule has 1 unspecified atom stereocenters. The van der Waals surface area contributed by atoms with Crippen LogP contribution in [0.2, 0.25) is 13.1 Å². The SMILES string of the molecule is C[Si](C)/C=C\CC(CO)c1ccccc1. The summed E-state index contributed by atoms with van der Waals surface area (Å²) in [7, 11) is -0.282. The van der Waals surface area contributed by atoms with Crippen LogP contribution in [0, 0.1) is 0 Å². The van der Waals surface area contributed by atoms with Gasteiger partial charge in [0, 0.05) is 5.92 Å². The molecular formula is C13H19OSi. The standard InChI is InChI=1S/C13H19OSi/c1-15(2)10-6-9-13(11-14)12-7-4-3-5-8-12/h3-8,10,13-14H,9,11H2,1-2H3/b10-6-. The van der Waals surface area contributed by atoms with E-state index in [1.54, 1.807) is 0 Å². The van der Waals surface area contributed by atoms with Gasteiger partial charge >= 0.3 is 0 Å². The lowest BCUT2D eigenvalue weighted by molar-refractivity contribution is 0.266. The first-order chi connectivity index (χ1) is 7.24. The molecule has 0 aliphatic heterocycles. The maximum Gasteiger partial charge on any atom is 0.0688 e. The molecule has 0 amide bonds. The van der Waals surface area contributed by atoms with Crippen molar-refractivity contribution in [2.24, 2.45) is 0 Å². The minimum atomic E-state index is -0.282. The van der Waals surface area contributed by atoms with Gasteiger partial charge in [-0.2, -0.15) is 0 Å². The van der Waals surface area contributed by atoms with Crippen molar-refractivity contribution in [3.63, 3.8) is 0 Å². The second-order valence-corrected chi connectivity index (χ2v) is 6.49. The van der Waals surface area contributed by atoms with Crippen LogP contribution in [-0.2, 0) is 0 Å². The van der Waals surface area contributed by atoms with E-state index in [1.807, 2.05) is 18.2 Å². The molecule has 1 rings (SSSR count). The molecule has 0 aliphatic carbocycles. The third-order valence-corrected chi connectivity index (χ3v) is 3.27. The van der Waals surface area contributed by atoms with Gasteiger partial charge < -0.3 is 5.11 Å². The van der Waals surface area contributed by atoms with Gasteiger partial charge in [-0.3, -0.25) is 0 Å². The zero-order valence-corrected chi connectivity index (χ0v) is 10.5. The predicted octanol–water partition coefficient (Wildman–Crippen LogP) is 3.00. The summed E-state index contributed by atoms with van der Waals surface area (Å²) >= 11 is 0. The summed E-state index contributed by atoms with van der Waals surface area (Å²) in [4.78, 5) is 0. The summed E-state index contributed by atoms with van der Waals surface area (Å²) < 4.78 is 0. The number of hydrogen-bond donors (Lipinski definition) is 1. The molecule has 0 aliphatic rings. The van der Waals surface area contributed by atoms with Gasteiger partial charge in [-0.15, -0.1) is 5.70 Å². The molecule has 1 atom stereocenters. The predicted molar refractivity (Wildman–Crippen MR) is 67.5 cm³/mol. The topological polar surface area (TPSA) is 20.2 Å². The Morgan fingerprint density at radius 3 is 2.47 bits per heavy atom. The summed E-state index contributed by atoms with van der Waals surface area (Å²) in [6.45, 7) is 4.75. The average Bonchev–Trinajstić information content (AvgIpc) is 2.25. The van der Waals surface area contributed by atoms with Gasteiger partial charge in [0.1, 0.15) is 0 Å². The highest BCUT2D eigenvalue weighted by Gasteiger charge is 2.07. The second-order valence-electron chi connectivity index (χ2n) is 4.01. The summed E-state index contributed by atoms with van der Waals surface area (Å²) in [5.74, 6) is 0.254. The zero-order valence-electron chi connectivity index (χ0n) is 9.48. The van der Waals surface area contributed by atoms with E-state index in [1.165, 1.54) is 5.56 Å². The lowest BCUT2D eigenvalue weighted by Crippen LogP contribution is -2.03. The number of aliphatic hydroxyl groups excluding tert-OH is 1. The quantitative estimate of drug-likeness (QED) is 0.755. The van der Waals surface area contributed by atoms with Crippen molar-refractivity contribution in [3.05, 3.63) is 47.7 Å². The number of hydrogen-bond acceptors (Lipinski definition) is 1. The Morgan fingerprint density at radius 2 is 1.93 bits per heavy atom. The van der Waals surface area contributed by atoms with Crippen molar-refractivity contribution in [1.82, 2.24) is 0 Å². The minimum absolute atomic E-state index is 0.226. The first kappa shape index (κ1) is 12.2. The van der Waals surface area contributed by atoms with Crippen LogP contribution < -0.4 is 0 Å². The van der Waals surface area contributed by atoms with Crippen LogP contribution in [0.15, 0.2) is 42.1 Å². The van der Waals surface area contributed by atoms with E-state index in [0.717, 1.165) is 6.42 Å². The molecule has 81 valence electrons. The molecule has 0 heterocycles. The molecule has 1 aromatic rings. The van der Waals surface area contributed by atoms with Gasteiger partial charge in [-0.1, -0.05) is 49.5 Å². The van der Waals surface area contributed by atoms with Crippen molar-refractivity contribution in [2.45, 2.75) is 25.4 Å². The molecule has 0 bridgehead atoms. The Hall–Kier alpha value is -0.863. The Labute approximate surface area is 94.1 Å². The highest BCUT2D eigenvalue weighted by Crippen LogP contribution is 2.19. The Balaban J connectivity index is 2.57. The zero-order chi connectivity index (χ0) is 11.1. The molecule has 15 heavy (non-hydrogen) atoms. The Kier molecular flexibility index (Phi) is 5.36. The van der Waals surface area contributed by atoms with Crippen LogP contribution in [0.4, 0.5) is 0 Å². The number of aliphatic hydroxyl groups is 1. The third-order valence-electron chi connectivity index (χ3n) is 2.36. The molecule has 1 radical (unpaired) electrons. The van der Waals surface area contributed by atoms with Gasteiger partial charge in [0.15, 0.2) is 0 Å². The van der Waals surface area contributed by atoms with E-state index in [0.29, 0.717) is 0 Å². The van der Waals surface area contributed by atoms with Crippen molar-refractivity contribution in [2.75, 3.05) is 6.61 Å². The largest absolute Gasteiger partial charge is 0.396 e. The van der Waals surface area contributed by atoms with Crippen LogP contribution in [0.25, 0.3) is 0 Å². The van der Waals surface area contributed by atoms with Crippen molar-refractivity contribution >= 4 is 8.80 Å². The van der Waals surface area contributed by atoms with E-state index in [4.69, 9.17) is 0 Å². The normalized spacial score (nSPS) is 13.6. The molecule has 0 saturated carbocycles. The second kappa shape index (κ2) is 6.59. The van der Waals surface area contributed by atoms with Crippen LogP contribution in [0.1, 0.15) is 17.9 Å². The number of allylic oxidation sites excluding steroid dienone is 1. The van der Waals surface area contributed by atoms with Gasteiger partial charge in [-0.05, 0) is 12.0 Å². The first-order valence-corrected chi connectivity index (χ1v) is 7.94. The molecular weight excluding hydrogens is 200 g/mol.